The van der Waals surface area contributed by atoms with Crippen molar-refractivity contribution < 1.29 is 9.18 Å². The zero-order valence-electron chi connectivity index (χ0n) is 14.0. The largest absolute Gasteiger partial charge is 0.328 e. The Morgan fingerprint density at radius 1 is 1.28 bits per heavy atom. The van der Waals surface area contributed by atoms with Gasteiger partial charge in [-0.25, -0.2) is 9.18 Å². The summed E-state index contributed by atoms with van der Waals surface area (Å²) in [6.07, 6.45) is 2.67. The fourth-order valence-electron chi connectivity index (χ4n) is 3.50. The third-order valence-corrected chi connectivity index (χ3v) is 4.93. The molecule has 0 saturated heterocycles. The van der Waals surface area contributed by atoms with Crippen molar-refractivity contribution in [1.82, 2.24) is 9.55 Å². The minimum atomic E-state index is -0.584. The van der Waals surface area contributed by atoms with E-state index in [1.165, 1.54) is 17.0 Å². The van der Waals surface area contributed by atoms with Gasteiger partial charge in [-0.1, -0.05) is 19.9 Å². The number of carbonyl (C=O) groups excluding carboxylic acids is 1. The Hall–Kier alpha value is -2.70. The molecule has 2 aliphatic rings. The Labute approximate surface area is 142 Å². The standard InChI is InChI=1S/C18H18FN3O3/c1-18(2)9-21(14-7-10(19)3-6-13(14)18)15(23)12-8-20-17(25)22(16(12)24)11-4-5-11/h3,6-8,11H,4-5,9H2,1-2H3,(H,20,25). The molecule has 1 fully saturated rings. The molecule has 1 saturated carbocycles. The van der Waals surface area contributed by atoms with Gasteiger partial charge in [0.1, 0.15) is 11.4 Å². The molecule has 0 atom stereocenters. The molecule has 1 aromatic carbocycles. The van der Waals surface area contributed by atoms with Crippen molar-refractivity contribution >= 4 is 11.6 Å². The van der Waals surface area contributed by atoms with Crippen LogP contribution in [0.5, 0.6) is 0 Å². The van der Waals surface area contributed by atoms with Gasteiger partial charge in [0, 0.05) is 24.2 Å². The lowest BCUT2D eigenvalue weighted by molar-refractivity contribution is 0.0983. The molecule has 130 valence electrons. The number of halogens is 1. The molecular formula is C18H18FN3O3. The minimum absolute atomic E-state index is 0.0978. The molecule has 4 rings (SSSR count). The molecule has 2 aromatic rings. The predicted octanol–water partition coefficient (Wildman–Crippen LogP) is 1.95. The molecule has 0 radical (unpaired) electrons. The van der Waals surface area contributed by atoms with Crippen molar-refractivity contribution in [2.75, 3.05) is 11.4 Å². The summed E-state index contributed by atoms with van der Waals surface area (Å²) >= 11 is 0. The average Bonchev–Trinajstić information content (AvgIpc) is 3.33. The monoisotopic (exact) mass is 343 g/mol. The van der Waals surface area contributed by atoms with Crippen LogP contribution < -0.4 is 16.1 Å². The van der Waals surface area contributed by atoms with Crippen LogP contribution in [0.15, 0.2) is 34.0 Å². The van der Waals surface area contributed by atoms with Crippen LogP contribution >= 0.6 is 0 Å². The van der Waals surface area contributed by atoms with Crippen LogP contribution in [0.1, 0.15) is 48.7 Å². The summed E-state index contributed by atoms with van der Waals surface area (Å²) in [5.74, 6) is -0.959. The number of nitrogens with zero attached hydrogens (tertiary/aromatic N) is 2. The van der Waals surface area contributed by atoms with Gasteiger partial charge in [-0.3, -0.25) is 14.2 Å². The van der Waals surface area contributed by atoms with Crippen molar-refractivity contribution in [2.45, 2.75) is 38.1 Å². The van der Waals surface area contributed by atoms with Crippen LogP contribution in [-0.4, -0.2) is 22.0 Å². The molecule has 0 unspecified atom stereocenters. The summed E-state index contributed by atoms with van der Waals surface area (Å²) < 4.78 is 14.8. The summed E-state index contributed by atoms with van der Waals surface area (Å²) in [5, 5.41) is 0. The molecular weight excluding hydrogens is 325 g/mol. The third kappa shape index (κ3) is 2.42. The van der Waals surface area contributed by atoms with Gasteiger partial charge in [0.25, 0.3) is 11.5 Å². The molecule has 1 amide bonds. The number of carbonyl (C=O) groups is 1. The first-order valence-electron chi connectivity index (χ1n) is 8.26. The molecule has 0 bridgehead atoms. The van der Waals surface area contributed by atoms with E-state index in [9.17, 15) is 18.8 Å². The van der Waals surface area contributed by atoms with Crippen molar-refractivity contribution in [2.24, 2.45) is 0 Å². The maximum absolute atomic E-state index is 13.7. The maximum atomic E-state index is 13.7. The first-order chi connectivity index (χ1) is 11.8. The highest BCUT2D eigenvalue weighted by Crippen LogP contribution is 2.41. The van der Waals surface area contributed by atoms with E-state index >= 15 is 0 Å². The number of H-pyrrole nitrogens is 1. The van der Waals surface area contributed by atoms with E-state index in [-0.39, 0.29) is 17.0 Å². The van der Waals surface area contributed by atoms with Crippen molar-refractivity contribution in [3.8, 4) is 0 Å². The zero-order chi connectivity index (χ0) is 17.9. The smallest absolute Gasteiger partial charge is 0.313 e. The molecule has 2 heterocycles. The van der Waals surface area contributed by atoms with Gasteiger partial charge in [-0.2, -0.15) is 0 Å². The second kappa shape index (κ2) is 5.15. The van der Waals surface area contributed by atoms with E-state index in [0.717, 1.165) is 29.2 Å². The number of hydrogen-bond acceptors (Lipinski definition) is 3. The van der Waals surface area contributed by atoms with E-state index in [4.69, 9.17) is 0 Å². The normalized spacial score (nSPS) is 18.3. The number of aromatic nitrogens is 2. The number of hydrogen-bond donors (Lipinski definition) is 1. The number of benzene rings is 1. The zero-order valence-corrected chi connectivity index (χ0v) is 14.0. The first kappa shape index (κ1) is 15.8. The molecule has 0 spiro atoms. The highest BCUT2D eigenvalue weighted by atomic mass is 19.1. The summed E-state index contributed by atoms with van der Waals surface area (Å²) in [7, 11) is 0. The molecule has 7 heteroatoms. The van der Waals surface area contributed by atoms with Crippen LogP contribution in [0.25, 0.3) is 0 Å². The Kier molecular flexibility index (Phi) is 3.25. The number of amides is 1. The van der Waals surface area contributed by atoms with Crippen molar-refractivity contribution in [3.63, 3.8) is 0 Å². The number of nitrogens with one attached hydrogen (secondary N) is 1. The molecule has 1 aliphatic heterocycles. The lowest BCUT2D eigenvalue weighted by Gasteiger charge is -2.20. The summed E-state index contributed by atoms with van der Waals surface area (Å²) in [6, 6.07) is 4.22. The lowest BCUT2D eigenvalue weighted by Crippen LogP contribution is -2.42. The van der Waals surface area contributed by atoms with Crippen LogP contribution in [0, 0.1) is 5.82 Å². The van der Waals surface area contributed by atoms with Crippen LogP contribution in [-0.2, 0) is 5.41 Å². The average molecular weight is 343 g/mol. The highest BCUT2D eigenvalue weighted by molar-refractivity contribution is 6.07. The molecule has 6 nitrogen and oxygen atoms in total. The number of anilines is 1. The third-order valence-electron chi connectivity index (χ3n) is 4.93. The predicted molar refractivity (Wildman–Crippen MR) is 90.7 cm³/mol. The van der Waals surface area contributed by atoms with E-state index in [0.29, 0.717) is 12.2 Å². The SMILES string of the molecule is CC1(C)CN(C(=O)c2c[nH]c(=O)n(C3CC3)c2=O)c2cc(F)ccc21. The number of rotatable bonds is 2. The maximum Gasteiger partial charge on any atom is 0.328 e. The number of fused-ring (bicyclic) bond motifs is 1. The van der Waals surface area contributed by atoms with Gasteiger partial charge in [-0.15, -0.1) is 0 Å². The Morgan fingerprint density at radius 3 is 2.68 bits per heavy atom. The van der Waals surface area contributed by atoms with Crippen molar-refractivity contribution in [3.05, 3.63) is 62.2 Å². The summed E-state index contributed by atoms with van der Waals surface area (Å²) in [6.45, 7) is 4.27. The quantitative estimate of drug-likeness (QED) is 0.906. The van der Waals surface area contributed by atoms with E-state index in [1.807, 2.05) is 13.8 Å². The fourth-order valence-corrected chi connectivity index (χ4v) is 3.50. The van der Waals surface area contributed by atoms with Gasteiger partial charge >= 0.3 is 5.69 Å². The second-order valence-corrected chi connectivity index (χ2v) is 7.35. The van der Waals surface area contributed by atoms with Gasteiger partial charge in [0.2, 0.25) is 0 Å². The second-order valence-electron chi connectivity index (χ2n) is 7.35. The number of aromatic amines is 1. The van der Waals surface area contributed by atoms with E-state index in [1.54, 1.807) is 6.07 Å². The highest BCUT2D eigenvalue weighted by Gasteiger charge is 2.39. The lowest BCUT2D eigenvalue weighted by atomic mass is 9.87. The van der Waals surface area contributed by atoms with Gasteiger partial charge in [0.15, 0.2) is 0 Å². The van der Waals surface area contributed by atoms with Crippen LogP contribution in [0.3, 0.4) is 0 Å². The summed E-state index contributed by atoms with van der Waals surface area (Å²) in [4.78, 5) is 41.4. The molecule has 1 aromatic heterocycles. The van der Waals surface area contributed by atoms with Crippen LogP contribution in [0.2, 0.25) is 0 Å². The summed E-state index contributed by atoms with van der Waals surface area (Å²) in [5.41, 5.74) is -0.209. The molecule has 1 aliphatic carbocycles. The first-order valence-corrected chi connectivity index (χ1v) is 8.26. The Bertz CT molecular complexity index is 1000. The Balaban J connectivity index is 1.81. The minimum Gasteiger partial charge on any atom is -0.313 e. The fraction of sp³-hybridized carbons (Fsp3) is 0.389. The topological polar surface area (TPSA) is 75.2 Å². The van der Waals surface area contributed by atoms with Gasteiger partial charge < -0.3 is 9.88 Å². The van der Waals surface area contributed by atoms with Gasteiger partial charge in [0.05, 0.1) is 5.69 Å². The van der Waals surface area contributed by atoms with Gasteiger partial charge in [-0.05, 0) is 30.5 Å². The van der Waals surface area contributed by atoms with Crippen LogP contribution in [0.4, 0.5) is 10.1 Å². The van der Waals surface area contributed by atoms with E-state index in [2.05, 4.69) is 4.98 Å². The van der Waals surface area contributed by atoms with Crippen molar-refractivity contribution in [1.29, 1.82) is 0 Å². The van der Waals surface area contributed by atoms with E-state index < -0.39 is 23.0 Å². The Morgan fingerprint density at radius 2 is 2.00 bits per heavy atom. The molecule has 25 heavy (non-hydrogen) atoms. The molecule has 1 N–H and O–H groups in total.